The number of aliphatic imine (C=N–C) groups is 1. The zero-order valence-electron chi connectivity index (χ0n) is 12.1. The van der Waals surface area contributed by atoms with Crippen LogP contribution in [0.5, 0.6) is 0 Å². The van der Waals surface area contributed by atoms with Crippen molar-refractivity contribution < 1.29 is 12.9 Å². The van der Waals surface area contributed by atoms with Crippen LogP contribution in [-0.2, 0) is 16.6 Å². The Morgan fingerprint density at radius 2 is 2.00 bits per heavy atom. The summed E-state index contributed by atoms with van der Waals surface area (Å²) in [6, 6.07) is 0. The number of aryl methyl sites for hydroxylation is 2. The first-order valence-corrected chi connectivity index (χ1v) is 8.03. The number of aromatic nitrogens is 1. The predicted octanol–water partition coefficient (Wildman–Crippen LogP) is -0.494. The molecule has 0 unspecified atom stereocenters. The fraction of sp³-hybridized carbons (Fsp3) is 0.636. The van der Waals surface area contributed by atoms with E-state index in [1.54, 1.807) is 7.05 Å². The molecule has 0 atom stereocenters. The van der Waals surface area contributed by atoms with E-state index < -0.39 is 10.0 Å². The molecular formula is C11H21N5O3S. The number of hydrogen-bond donors (Lipinski definition) is 3. The van der Waals surface area contributed by atoms with E-state index in [-0.39, 0.29) is 0 Å². The van der Waals surface area contributed by atoms with Gasteiger partial charge in [0.15, 0.2) is 5.96 Å². The first kappa shape index (κ1) is 16.4. The molecule has 0 aliphatic carbocycles. The van der Waals surface area contributed by atoms with Crippen LogP contribution in [-0.4, -0.2) is 45.9 Å². The van der Waals surface area contributed by atoms with Crippen molar-refractivity contribution >= 4 is 16.0 Å². The monoisotopic (exact) mass is 303 g/mol. The van der Waals surface area contributed by atoms with Gasteiger partial charge in [-0.1, -0.05) is 5.16 Å². The van der Waals surface area contributed by atoms with E-state index in [4.69, 9.17) is 4.52 Å². The first-order chi connectivity index (χ1) is 9.33. The molecule has 0 amide bonds. The fourth-order valence-electron chi connectivity index (χ4n) is 1.56. The molecule has 1 heterocycles. The van der Waals surface area contributed by atoms with Gasteiger partial charge in [0.2, 0.25) is 10.0 Å². The van der Waals surface area contributed by atoms with Crippen molar-refractivity contribution in [3.8, 4) is 0 Å². The van der Waals surface area contributed by atoms with Gasteiger partial charge in [0, 0.05) is 32.2 Å². The molecule has 8 nitrogen and oxygen atoms in total. The lowest BCUT2D eigenvalue weighted by Gasteiger charge is -2.11. The Balaban J connectivity index is 2.38. The average Bonchev–Trinajstić information content (AvgIpc) is 2.67. The molecule has 1 aromatic heterocycles. The van der Waals surface area contributed by atoms with Gasteiger partial charge in [-0.3, -0.25) is 4.99 Å². The summed E-state index contributed by atoms with van der Waals surface area (Å²) in [6.45, 7) is 5.00. The van der Waals surface area contributed by atoms with Gasteiger partial charge in [-0.05, 0) is 13.8 Å². The highest BCUT2D eigenvalue weighted by atomic mass is 32.2. The lowest BCUT2D eigenvalue weighted by atomic mass is 10.2. The Bertz CT molecular complexity index is 545. The fourth-order valence-corrected chi connectivity index (χ4v) is 2.04. The van der Waals surface area contributed by atoms with Crippen LogP contribution in [0.25, 0.3) is 0 Å². The Morgan fingerprint density at radius 1 is 1.30 bits per heavy atom. The van der Waals surface area contributed by atoms with Gasteiger partial charge in [-0.25, -0.2) is 13.1 Å². The third kappa shape index (κ3) is 5.57. The van der Waals surface area contributed by atoms with Crippen molar-refractivity contribution in [2.75, 3.05) is 26.4 Å². The second-order valence-electron chi connectivity index (χ2n) is 4.32. The highest BCUT2D eigenvalue weighted by Crippen LogP contribution is 2.11. The largest absolute Gasteiger partial charge is 0.361 e. The van der Waals surface area contributed by atoms with Crippen LogP contribution in [0.4, 0.5) is 0 Å². The first-order valence-electron chi connectivity index (χ1n) is 6.14. The molecule has 0 aliphatic heterocycles. The molecule has 0 spiro atoms. The molecule has 0 radical (unpaired) electrons. The van der Waals surface area contributed by atoms with Crippen LogP contribution < -0.4 is 15.4 Å². The van der Waals surface area contributed by atoms with Crippen molar-refractivity contribution in [1.29, 1.82) is 0 Å². The number of rotatable bonds is 6. The quantitative estimate of drug-likeness (QED) is 0.371. The average molecular weight is 303 g/mol. The van der Waals surface area contributed by atoms with Gasteiger partial charge in [0.1, 0.15) is 5.76 Å². The standard InChI is InChI=1S/C11H21N5O3S/c1-8-10(9(2)19-16-8)7-14-11(12-3)13-5-6-15-20(4,17)18/h15H,5-7H2,1-4H3,(H2,12,13,14). The molecule has 0 saturated heterocycles. The SMILES string of the molecule is CN=C(NCCNS(C)(=O)=O)NCc1c(C)noc1C. The third-order valence-electron chi connectivity index (χ3n) is 2.62. The topological polar surface area (TPSA) is 109 Å². The molecule has 3 N–H and O–H groups in total. The highest BCUT2D eigenvalue weighted by Gasteiger charge is 2.09. The minimum Gasteiger partial charge on any atom is -0.361 e. The summed E-state index contributed by atoms with van der Waals surface area (Å²) in [7, 11) is -1.51. The van der Waals surface area contributed by atoms with E-state index in [1.807, 2.05) is 13.8 Å². The van der Waals surface area contributed by atoms with Crippen LogP contribution in [0.2, 0.25) is 0 Å². The van der Waals surface area contributed by atoms with Crippen LogP contribution >= 0.6 is 0 Å². The van der Waals surface area contributed by atoms with E-state index in [9.17, 15) is 8.42 Å². The Morgan fingerprint density at radius 3 is 2.50 bits per heavy atom. The van der Waals surface area contributed by atoms with Gasteiger partial charge in [-0.15, -0.1) is 0 Å². The minimum atomic E-state index is -3.16. The maximum Gasteiger partial charge on any atom is 0.208 e. The summed E-state index contributed by atoms with van der Waals surface area (Å²) < 4.78 is 29.3. The lowest BCUT2D eigenvalue weighted by Crippen LogP contribution is -2.41. The predicted molar refractivity (Wildman–Crippen MR) is 77.0 cm³/mol. The zero-order chi connectivity index (χ0) is 15.2. The van der Waals surface area contributed by atoms with Crippen molar-refractivity contribution in [3.05, 3.63) is 17.0 Å². The molecule has 1 rings (SSSR count). The number of nitrogens with one attached hydrogen (secondary N) is 3. The smallest absolute Gasteiger partial charge is 0.208 e. The molecule has 0 aromatic carbocycles. The Hall–Kier alpha value is -1.61. The van der Waals surface area contributed by atoms with Gasteiger partial charge in [0.25, 0.3) is 0 Å². The summed E-state index contributed by atoms with van der Waals surface area (Å²) in [6.07, 6.45) is 1.12. The zero-order valence-corrected chi connectivity index (χ0v) is 13.0. The van der Waals surface area contributed by atoms with E-state index in [0.29, 0.717) is 25.6 Å². The van der Waals surface area contributed by atoms with Crippen LogP contribution in [0.15, 0.2) is 9.52 Å². The van der Waals surface area contributed by atoms with Crippen LogP contribution in [0.1, 0.15) is 17.0 Å². The van der Waals surface area contributed by atoms with Crippen molar-refractivity contribution in [3.63, 3.8) is 0 Å². The second-order valence-corrected chi connectivity index (χ2v) is 6.15. The molecular weight excluding hydrogens is 282 g/mol. The van der Waals surface area contributed by atoms with Gasteiger partial charge < -0.3 is 15.2 Å². The normalized spacial score (nSPS) is 12.5. The molecule has 20 heavy (non-hydrogen) atoms. The van der Waals surface area contributed by atoms with Crippen LogP contribution in [0.3, 0.4) is 0 Å². The number of hydrogen-bond acceptors (Lipinski definition) is 5. The van der Waals surface area contributed by atoms with Crippen LogP contribution in [0, 0.1) is 13.8 Å². The van der Waals surface area contributed by atoms with Gasteiger partial charge in [-0.2, -0.15) is 0 Å². The minimum absolute atomic E-state index is 0.296. The highest BCUT2D eigenvalue weighted by molar-refractivity contribution is 7.88. The third-order valence-corrected chi connectivity index (χ3v) is 3.35. The van der Waals surface area contributed by atoms with Crippen molar-refractivity contribution in [1.82, 2.24) is 20.5 Å². The molecule has 0 aliphatic rings. The number of guanidine groups is 1. The number of nitrogens with zero attached hydrogens (tertiary/aromatic N) is 2. The summed E-state index contributed by atoms with van der Waals surface area (Å²) in [4.78, 5) is 4.05. The lowest BCUT2D eigenvalue weighted by molar-refractivity contribution is 0.392. The van der Waals surface area contributed by atoms with E-state index in [1.165, 1.54) is 0 Å². The summed E-state index contributed by atoms with van der Waals surface area (Å²) in [5.74, 6) is 1.35. The Kier molecular flexibility index (Phi) is 5.96. The molecule has 0 fully saturated rings. The summed E-state index contributed by atoms with van der Waals surface area (Å²) in [5, 5.41) is 9.99. The van der Waals surface area contributed by atoms with E-state index >= 15 is 0 Å². The Labute approximate surface area is 119 Å². The summed E-state index contributed by atoms with van der Waals surface area (Å²) in [5.41, 5.74) is 1.83. The van der Waals surface area contributed by atoms with Gasteiger partial charge in [0.05, 0.1) is 11.9 Å². The molecule has 0 saturated carbocycles. The van der Waals surface area contributed by atoms with E-state index in [2.05, 4.69) is 25.5 Å². The van der Waals surface area contributed by atoms with E-state index in [0.717, 1.165) is 23.3 Å². The molecule has 1 aromatic rings. The molecule has 114 valence electrons. The maximum atomic E-state index is 10.9. The van der Waals surface area contributed by atoms with Crippen molar-refractivity contribution in [2.45, 2.75) is 20.4 Å². The number of sulfonamides is 1. The molecule has 0 bridgehead atoms. The second kappa shape index (κ2) is 7.25. The maximum absolute atomic E-state index is 10.9. The van der Waals surface area contributed by atoms with Crippen molar-refractivity contribution in [2.24, 2.45) is 4.99 Å². The summed E-state index contributed by atoms with van der Waals surface area (Å²) >= 11 is 0. The van der Waals surface area contributed by atoms with Gasteiger partial charge >= 0.3 is 0 Å². The molecule has 9 heteroatoms.